The molecule has 6 nitrogen and oxygen atoms in total. The Morgan fingerprint density at radius 3 is 2.85 bits per heavy atom. The zero-order chi connectivity index (χ0) is 14.8. The molecule has 2 heterocycles. The molecule has 0 aliphatic carbocycles. The van der Waals surface area contributed by atoms with Crippen molar-refractivity contribution in [2.45, 2.75) is 38.1 Å². The van der Waals surface area contributed by atoms with Gasteiger partial charge in [-0.25, -0.2) is 0 Å². The standard InChI is InChI=1S/C13H18N4O2S/c1-8-4-15-9(5-14-8)6-16-11(18)10-7-20-13(2,3)12(19)17-10/h4-5,10H,6-7H2,1-3H3,(H,16,18)(H,17,19)/t10-/m0/s1. The summed E-state index contributed by atoms with van der Waals surface area (Å²) in [5.41, 5.74) is 1.53. The first-order valence-electron chi connectivity index (χ1n) is 6.38. The van der Waals surface area contributed by atoms with Crippen LogP contribution in [-0.2, 0) is 16.1 Å². The smallest absolute Gasteiger partial charge is 0.243 e. The Balaban J connectivity index is 1.87. The molecule has 7 heteroatoms. The number of carbonyl (C=O) groups excluding carboxylic acids is 2. The molecule has 20 heavy (non-hydrogen) atoms. The zero-order valence-corrected chi connectivity index (χ0v) is 12.6. The van der Waals surface area contributed by atoms with E-state index in [0.29, 0.717) is 18.0 Å². The van der Waals surface area contributed by atoms with Crippen molar-refractivity contribution in [2.24, 2.45) is 0 Å². The first kappa shape index (κ1) is 14.8. The number of thioether (sulfide) groups is 1. The van der Waals surface area contributed by atoms with Gasteiger partial charge in [0.25, 0.3) is 0 Å². The van der Waals surface area contributed by atoms with Gasteiger partial charge in [0, 0.05) is 11.9 Å². The molecule has 0 radical (unpaired) electrons. The van der Waals surface area contributed by atoms with Crippen LogP contribution in [0.3, 0.4) is 0 Å². The SMILES string of the molecule is Cc1cnc(CNC(=O)[C@@H]2CSC(C)(C)C(=O)N2)cn1. The Kier molecular flexibility index (Phi) is 4.27. The first-order chi connectivity index (χ1) is 9.38. The third-order valence-corrected chi connectivity index (χ3v) is 4.46. The van der Waals surface area contributed by atoms with E-state index in [1.54, 1.807) is 12.4 Å². The maximum Gasteiger partial charge on any atom is 0.243 e. The summed E-state index contributed by atoms with van der Waals surface area (Å²) in [6.45, 7) is 5.87. The molecule has 0 unspecified atom stereocenters. The van der Waals surface area contributed by atoms with Gasteiger partial charge in [-0.1, -0.05) is 0 Å². The third kappa shape index (κ3) is 3.47. The molecule has 1 saturated heterocycles. The van der Waals surface area contributed by atoms with Crippen molar-refractivity contribution in [1.29, 1.82) is 0 Å². The highest BCUT2D eigenvalue weighted by molar-refractivity contribution is 8.01. The number of amides is 2. The van der Waals surface area contributed by atoms with Crippen molar-refractivity contribution in [2.75, 3.05) is 5.75 Å². The minimum atomic E-state index is -0.487. The van der Waals surface area contributed by atoms with E-state index in [2.05, 4.69) is 20.6 Å². The van der Waals surface area contributed by atoms with Crippen LogP contribution in [0.25, 0.3) is 0 Å². The van der Waals surface area contributed by atoms with Crippen molar-refractivity contribution < 1.29 is 9.59 Å². The maximum absolute atomic E-state index is 12.0. The summed E-state index contributed by atoms with van der Waals surface area (Å²) >= 11 is 1.49. The molecule has 0 spiro atoms. The molecular formula is C13H18N4O2S. The Morgan fingerprint density at radius 2 is 2.25 bits per heavy atom. The van der Waals surface area contributed by atoms with E-state index in [-0.39, 0.29) is 11.8 Å². The molecule has 1 aromatic heterocycles. The van der Waals surface area contributed by atoms with Gasteiger partial charge in [-0.05, 0) is 20.8 Å². The fourth-order valence-electron chi connectivity index (χ4n) is 1.68. The minimum absolute atomic E-state index is 0.107. The fraction of sp³-hybridized carbons (Fsp3) is 0.538. The number of nitrogens with one attached hydrogen (secondary N) is 2. The molecule has 2 amide bonds. The van der Waals surface area contributed by atoms with Gasteiger partial charge in [-0.15, -0.1) is 11.8 Å². The van der Waals surface area contributed by atoms with Crippen molar-refractivity contribution in [3.63, 3.8) is 0 Å². The first-order valence-corrected chi connectivity index (χ1v) is 7.37. The molecule has 1 atom stereocenters. The lowest BCUT2D eigenvalue weighted by molar-refractivity contribution is -0.129. The summed E-state index contributed by atoms with van der Waals surface area (Å²) in [4.78, 5) is 32.1. The van der Waals surface area contributed by atoms with Crippen LogP contribution in [0.5, 0.6) is 0 Å². The number of hydrogen-bond donors (Lipinski definition) is 2. The largest absolute Gasteiger partial charge is 0.349 e. The second kappa shape index (κ2) is 5.78. The van der Waals surface area contributed by atoms with E-state index >= 15 is 0 Å². The maximum atomic E-state index is 12.0. The number of nitrogens with zero attached hydrogens (tertiary/aromatic N) is 2. The van der Waals surface area contributed by atoms with E-state index < -0.39 is 10.8 Å². The molecule has 108 valence electrons. The van der Waals surface area contributed by atoms with E-state index in [0.717, 1.165) is 5.69 Å². The van der Waals surface area contributed by atoms with Gasteiger partial charge >= 0.3 is 0 Å². The molecule has 2 rings (SSSR count). The average Bonchev–Trinajstić information content (AvgIpc) is 2.41. The monoisotopic (exact) mass is 294 g/mol. The van der Waals surface area contributed by atoms with E-state index in [4.69, 9.17) is 0 Å². The summed E-state index contributed by atoms with van der Waals surface area (Å²) in [6.07, 6.45) is 3.29. The van der Waals surface area contributed by atoms with Crippen LogP contribution in [0.4, 0.5) is 0 Å². The summed E-state index contributed by atoms with van der Waals surface area (Å²) in [5, 5.41) is 5.51. The molecule has 1 aromatic rings. The van der Waals surface area contributed by atoms with Crippen molar-refractivity contribution >= 4 is 23.6 Å². The van der Waals surface area contributed by atoms with Gasteiger partial charge in [0.15, 0.2) is 0 Å². The quantitative estimate of drug-likeness (QED) is 0.843. The number of hydrogen-bond acceptors (Lipinski definition) is 5. The predicted molar refractivity (Wildman–Crippen MR) is 77.1 cm³/mol. The lowest BCUT2D eigenvalue weighted by atomic mass is 10.1. The topological polar surface area (TPSA) is 84.0 Å². The molecule has 1 aliphatic rings. The Morgan fingerprint density at radius 1 is 1.50 bits per heavy atom. The second-order valence-electron chi connectivity index (χ2n) is 5.21. The summed E-state index contributed by atoms with van der Waals surface area (Å²) in [6, 6.07) is -0.487. The van der Waals surface area contributed by atoms with Crippen molar-refractivity contribution in [3.05, 3.63) is 23.8 Å². The highest BCUT2D eigenvalue weighted by Crippen LogP contribution is 2.28. The number of rotatable bonds is 3. The van der Waals surface area contributed by atoms with Gasteiger partial charge in [0.05, 0.1) is 28.9 Å². The fourth-order valence-corrected chi connectivity index (χ4v) is 2.69. The lowest BCUT2D eigenvalue weighted by Gasteiger charge is -2.32. The lowest BCUT2D eigenvalue weighted by Crippen LogP contribution is -2.57. The second-order valence-corrected chi connectivity index (χ2v) is 6.86. The molecule has 0 aromatic carbocycles. The average molecular weight is 294 g/mol. The van der Waals surface area contributed by atoms with Crippen LogP contribution < -0.4 is 10.6 Å². The van der Waals surface area contributed by atoms with Crippen LogP contribution in [0.1, 0.15) is 25.2 Å². The van der Waals surface area contributed by atoms with Crippen LogP contribution in [0.15, 0.2) is 12.4 Å². The van der Waals surface area contributed by atoms with Crippen molar-refractivity contribution in [3.8, 4) is 0 Å². The van der Waals surface area contributed by atoms with Crippen LogP contribution >= 0.6 is 11.8 Å². The van der Waals surface area contributed by atoms with E-state index in [1.807, 2.05) is 20.8 Å². The van der Waals surface area contributed by atoms with Gasteiger partial charge in [-0.3, -0.25) is 19.6 Å². The van der Waals surface area contributed by atoms with Gasteiger partial charge in [0.2, 0.25) is 11.8 Å². The molecular weight excluding hydrogens is 276 g/mol. The zero-order valence-electron chi connectivity index (χ0n) is 11.8. The third-order valence-electron chi connectivity index (χ3n) is 3.06. The van der Waals surface area contributed by atoms with Crippen LogP contribution in [0, 0.1) is 6.92 Å². The minimum Gasteiger partial charge on any atom is -0.349 e. The number of aryl methyl sites for hydroxylation is 1. The Labute approximate surface area is 122 Å². The van der Waals surface area contributed by atoms with Crippen molar-refractivity contribution in [1.82, 2.24) is 20.6 Å². The highest BCUT2D eigenvalue weighted by atomic mass is 32.2. The normalized spacial score (nSPS) is 21.1. The summed E-state index contributed by atoms with van der Waals surface area (Å²) in [7, 11) is 0. The van der Waals surface area contributed by atoms with E-state index in [9.17, 15) is 9.59 Å². The predicted octanol–water partition coefficient (Wildman–Crippen LogP) is 0.411. The van der Waals surface area contributed by atoms with Gasteiger partial charge in [0.1, 0.15) is 6.04 Å². The number of aromatic nitrogens is 2. The number of carbonyl (C=O) groups is 2. The molecule has 1 aliphatic heterocycles. The van der Waals surface area contributed by atoms with Gasteiger partial charge in [-0.2, -0.15) is 0 Å². The molecule has 0 saturated carbocycles. The summed E-state index contributed by atoms with van der Waals surface area (Å²) in [5.74, 6) is 0.275. The Hall–Kier alpha value is -1.63. The summed E-state index contributed by atoms with van der Waals surface area (Å²) < 4.78 is -0.473. The molecule has 2 N–H and O–H groups in total. The van der Waals surface area contributed by atoms with Gasteiger partial charge < -0.3 is 10.6 Å². The molecule has 0 bridgehead atoms. The van der Waals surface area contributed by atoms with Crippen LogP contribution in [0.2, 0.25) is 0 Å². The molecule has 1 fully saturated rings. The Bertz CT molecular complexity index is 516. The van der Waals surface area contributed by atoms with Crippen LogP contribution in [-0.4, -0.2) is 38.3 Å². The van der Waals surface area contributed by atoms with E-state index in [1.165, 1.54) is 11.8 Å². The highest BCUT2D eigenvalue weighted by Gasteiger charge is 2.37.